The predicted molar refractivity (Wildman–Crippen MR) is 64.4 cm³/mol. The van der Waals surface area contributed by atoms with E-state index >= 15 is 0 Å². The molecule has 16 heavy (non-hydrogen) atoms. The van der Waals surface area contributed by atoms with Gasteiger partial charge in [-0.3, -0.25) is 4.79 Å². The van der Waals surface area contributed by atoms with Crippen molar-refractivity contribution in [1.82, 2.24) is 10.2 Å². The van der Waals surface area contributed by atoms with E-state index in [1.54, 1.807) is 12.1 Å². The van der Waals surface area contributed by atoms with Crippen molar-refractivity contribution >= 4 is 21.8 Å². The van der Waals surface area contributed by atoms with Crippen molar-refractivity contribution in [3.8, 4) is 0 Å². The number of nitrogens with one attached hydrogen (secondary N) is 1. The van der Waals surface area contributed by atoms with E-state index < -0.39 is 0 Å². The average molecular weight is 287 g/mol. The normalized spacial score (nSPS) is 21.1. The van der Waals surface area contributed by atoms with Gasteiger partial charge in [0.1, 0.15) is 0 Å². The summed E-state index contributed by atoms with van der Waals surface area (Å²) in [5.74, 6) is 0.384. The number of rotatable bonds is 2. The van der Waals surface area contributed by atoms with E-state index in [1.165, 1.54) is 0 Å². The van der Waals surface area contributed by atoms with Crippen LogP contribution in [-0.4, -0.2) is 37.0 Å². The first-order chi connectivity index (χ1) is 7.70. The van der Waals surface area contributed by atoms with Gasteiger partial charge in [-0.05, 0) is 48.0 Å². The number of nitrogens with zero attached hydrogens (tertiary/aromatic N) is 1. The summed E-state index contributed by atoms with van der Waals surface area (Å²) in [4.78, 5) is 13.9. The lowest BCUT2D eigenvalue weighted by atomic mass is 10.1. The minimum Gasteiger partial charge on any atom is -0.444 e. The van der Waals surface area contributed by atoms with E-state index in [1.807, 2.05) is 11.9 Å². The largest absolute Gasteiger partial charge is 0.444 e. The van der Waals surface area contributed by atoms with Gasteiger partial charge >= 0.3 is 0 Å². The molecule has 1 saturated heterocycles. The maximum absolute atomic E-state index is 12.1. The molecule has 1 aliphatic rings. The summed E-state index contributed by atoms with van der Waals surface area (Å²) in [6.45, 7) is 1.57. The third-order valence-electron chi connectivity index (χ3n) is 2.90. The minimum atomic E-state index is -0.0225. The topological polar surface area (TPSA) is 45.5 Å². The number of piperidine rings is 1. The molecule has 0 aromatic carbocycles. The summed E-state index contributed by atoms with van der Waals surface area (Å²) < 4.78 is 5.87. The first-order valence-corrected chi connectivity index (χ1v) is 6.22. The zero-order valence-electron chi connectivity index (χ0n) is 9.20. The molecule has 0 aliphatic carbocycles. The highest BCUT2D eigenvalue weighted by atomic mass is 79.9. The van der Waals surface area contributed by atoms with E-state index in [0.29, 0.717) is 16.5 Å². The van der Waals surface area contributed by atoms with Crippen molar-refractivity contribution in [2.75, 3.05) is 20.1 Å². The summed E-state index contributed by atoms with van der Waals surface area (Å²) in [6, 6.07) is 3.85. The van der Waals surface area contributed by atoms with Crippen molar-refractivity contribution in [2.24, 2.45) is 0 Å². The van der Waals surface area contributed by atoms with E-state index in [4.69, 9.17) is 4.42 Å². The average Bonchev–Trinajstić information content (AvgIpc) is 2.75. The molecule has 1 amide bonds. The molecule has 1 N–H and O–H groups in total. The van der Waals surface area contributed by atoms with Crippen LogP contribution in [0.5, 0.6) is 0 Å². The molecule has 4 nitrogen and oxygen atoms in total. The van der Waals surface area contributed by atoms with Gasteiger partial charge in [-0.15, -0.1) is 0 Å². The monoisotopic (exact) mass is 286 g/mol. The summed E-state index contributed by atoms with van der Waals surface area (Å²) in [6.07, 6.45) is 2.17. The molecular formula is C11H15BrN2O2. The quantitative estimate of drug-likeness (QED) is 0.903. The minimum absolute atomic E-state index is 0.0225. The number of amides is 1. The van der Waals surface area contributed by atoms with E-state index in [-0.39, 0.29) is 5.91 Å². The van der Waals surface area contributed by atoms with Crippen molar-refractivity contribution in [2.45, 2.75) is 18.9 Å². The third kappa shape index (κ3) is 2.47. The summed E-state index contributed by atoms with van der Waals surface area (Å²) in [7, 11) is 1.93. The highest BCUT2D eigenvalue weighted by Gasteiger charge is 2.25. The molecule has 0 bridgehead atoms. The van der Waals surface area contributed by atoms with Gasteiger partial charge in [-0.25, -0.2) is 0 Å². The van der Waals surface area contributed by atoms with Crippen molar-refractivity contribution < 1.29 is 9.21 Å². The number of halogens is 1. The number of carbonyl (C=O) groups is 1. The second-order valence-electron chi connectivity index (χ2n) is 3.98. The van der Waals surface area contributed by atoms with Gasteiger partial charge in [0.2, 0.25) is 0 Å². The lowest BCUT2D eigenvalue weighted by molar-refractivity contribution is 0.0664. The van der Waals surface area contributed by atoms with Crippen LogP contribution in [0, 0.1) is 0 Å². The molecule has 2 rings (SSSR count). The molecule has 0 radical (unpaired) electrons. The standard InChI is InChI=1S/C11H15BrN2O2/c1-13-8-3-2-6-14(7-8)11(15)9-4-5-10(12)16-9/h4-5,8,13H,2-3,6-7H2,1H3. The van der Waals surface area contributed by atoms with Crippen LogP contribution < -0.4 is 5.32 Å². The van der Waals surface area contributed by atoms with Gasteiger partial charge in [0.05, 0.1) is 0 Å². The van der Waals surface area contributed by atoms with Crippen LogP contribution >= 0.6 is 15.9 Å². The second kappa shape index (κ2) is 5.01. The molecule has 5 heteroatoms. The Morgan fingerprint density at radius 2 is 2.44 bits per heavy atom. The predicted octanol–water partition coefficient (Wildman–Crippen LogP) is 1.87. The van der Waals surface area contributed by atoms with Gasteiger partial charge in [0.15, 0.2) is 10.4 Å². The lowest BCUT2D eigenvalue weighted by Gasteiger charge is -2.31. The summed E-state index contributed by atoms with van der Waals surface area (Å²) in [5.41, 5.74) is 0. The molecule has 1 aromatic rings. The Morgan fingerprint density at radius 3 is 3.06 bits per heavy atom. The third-order valence-corrected chi connectivity index (χ3v) is 3.33. The number of likely N-dealkylation sites (N-methyl/N-ethyl adjacent to an activating group) is 1. The number of hydrogen-bond acceptors (Lipinski definition) is 3. The summed E-state index contributed by atoms with van der Waals surface area (Å²) in [5, 5.41) is 3.21. The summed E-state index contributed by atoms with van der Waals surface area (Å²) >= 11 is 3.20. The molecule has 88 valence electrons. The number of carbonyl (C=O) groups excluding carboxylic acids is 1. The molecule has 1 fully saturated rings. The SMILES string of the molecule is CNC1CCCN(C(=O)c2ccc(Br)o2)C1. The number of likely N-dealkylation sites (tertiary alicyclic amines) is 1. The second-order valence-corrected chi connectivity index (χ2v) is 4.76. The molecule has 1 unspecified atom stereocenters. The van der Waals surface area contributed by atoms with E-state index in [2.05, 4.69) is 21.2 Å². The smallest absolute Gasteiger partial charge is 0.289 e. The number of hydrogen-bond donors (Lipinski definition) is 1. The van der Waals surface area contributed by atoms with Crippen LogP contribution in [0.3, 0.4) is 0 Å². The fourth-order valence-electron chi connectivity index (χ4n) is 1.98. The first kappa shape index (κ1) is 11.7. The van der Waals surface area contributed by atoms with Crippen LogP contribution in [-0.2, 0) is 0 Å². The van der Waals surface area contributed by atoms with Gasteiger partial charge in [0.25, 0.3) is 5.91 Å². The highest BCUT2D eigenvalue weighted by molar-refractivity contribution is 9.10. The van der Waals surface area contributed by atoms with Gasteiger partial charge in [-0.1, -0.05) is 0 Å². The van der Waals surface area contributed by atoms with Crippen LogP contribution in [0.4, 0.5) is 0 Å². The van der Waals surface area contributed by atoms with Crippen molar-refractivity contribution in [3.05, 3.63) is 22.6 Å². The highest BCUT2D eigenvalue weighted by Crippen LogP contribution is 2.18. The first-order valence-electron chi connectivity index (χ1n) is 5.42. The van der Waals surface area contributed by atoms with E-state index in [9.17, 15) is 4.79 Å². The Morgan fingerprint density at radius 1 is 1.62 bits per heavy atom. The Kier molecular flexibility index (Phi) is 3.66. The molecule has 1 aromatic heterocycles. The Bertz CT molecular complexity index is 378. The Balaban J connectivity index is 2.04. The molecule has 0 saturated carbocycles. The van der Waals surface area contributed by atoms with Crippen molar-refractivity contribution in [1.29, 1.82) is 0 Å². The molecule has 1 atom stereocenters. The fourth-order valence-corrected chi connectivity index (χ4v) is 2.29. The maximum atomic E-state index is 12.1. The van der Waals surface area contributed by atoms with Crippen molar-refractivity contribution in [3.63, 3.8) is 0 Å². The van der Waals surface area contributed by atoms with Gasteiger partial charge in [-0.2, -0.15) is 0 Å². The van der Waals surface area contributed by atoms with Crippen LogP contribution in [0.2, 0.25) is 0 Å². The molecular weight excluding hydrogens is 272 g/mol. The molecule has 1 aliphatic heterocycles. The zero-order valence-corrected chi connectivity index (χ0v) is 10.8. The van der Waals surface area contributed by atoms with Crippen LogP contribution in [0.25, 0.3) is 0 Å². The Hall–Kier alpha value is -0.810. The molecule has 0 spiro atoms. The van der Waals surface area contributed by atoms with Crippen LogP contribution in [0.15, 0.2) is 21.2 Å². The fraction of sp³-hybridized carbons (Fsp3) is 0.545. The zero-order chi connectivity index (χ0) is 11.5. The molecule has 2 heterocycles. The lowest BCUT2D eigenvalue weighted by Crippen LogP contribution is -2.46. The van der Waals surface area contributed by atoms with Gasteiger partial charge in [0, 0.05) is 19.1 Å². The van der Waals surface area contributed by atoms with Gasteiger partial charge < -0.3 is 14.6 Å². The van der Waals surface area contributed by atoms with E-state index in [0.717, 1.165) is 25.9 Å². The maximum Gasteiger partial charge on any atom is 0.289 e. The van der Waals surface area contributed by atoms with Crippen LogP contribution in [0.1, 0.15) is 23.4 Å². The number of furan rings is 1. The Labute approximate surface area is 103 Å².